The van der Waals surface area contributed by atoms with E-state index in [0.29, 0.717) is 5.56 Å². The Bertz CT molecular complexity index is 770. The van der Waals surface area contributed by atoms with E-state index in [1.807, 2.05) is 30.3 Å². The number of aromatic nitrogens is 2. The minimum absolute atomic E-state index is 0.101. The summed E-state index contributed by atoms with van der Waals surface area (Å²) in [6.07, 6.45) is 3.53. The highest BCUT2D eigenvalue weighted by Crippen LogP contribution is 2.35. The van der Waals surface area contributed by atoms with Crippen LogP contribution in [0.1, 0.15) is 5.56 Å². The number of phenolic OH excluding ortho intramolecular Hbond substituents is 1. The predicted octanol–water partition coefficient (Wildman–Crippen LogP) is 3.70. The van der Waals surface area contributed by atoms with Gasteiger partial charge in [0.05, 0.1) is 12.8 Å². The molecule has 1 aromatic heterocycles. The molecule has 1 heterocycles. The van der Waals surface area contributed by atoms with E-state index >= 15 is 0 Å². The molecule has 21 heavy (non-hydrogen) atoms. The fourth-order valence-corrected chi connectivity index (χ4v) is 2.66. The first-order valence-corrected chi connectivity index (χ1v) is 7.20. The molecule has 0 aliphatic carbocycles. The lowest BCUT2D eigenvalue weighted by molar-refractivity contribution is 0.282. The summed E-state index contributed by atoms with van der Waals surface area (Å²) in [5.74, 6) is 0.176. The van der Waals surface area contributed by atoms with Gasteiger partial charge in [-0.1, -0.05) is 28.1 Å². The van der Waals surface area contributed by atoms with Crippen LogP contribution in [0.3, 0.4) is 0 Å². The number of benzene rings is 2. The number of rotatable bonds is 3. The summed E-state index contributed by atoms with van der Waals surface area (Å²) in [6, 6.07) is 11.1. The predicted molar refractivity (Wildman–Crippen MR) is 84.7 cm³/mol. The molecule has 0 bridgehead atoms. The topological polar surface area (TPSA) is 69.1 Å². The monoisotopic (exact) mass is 344 g/mol. The van der Waals surface area contributed by atoms with Gasteiger partial charge in [0.1, 0.15) is 5.75 Å². The molecule has 3 N–H and O–H groups in total. The summed E-state index contributed by atoms with van der Waals surface area (Å²) >= 11 is 3.32. The number of aliphatic hydroxyl groups is 1. The van der Waals surface area contributed by atoms with Crippen LogP contribution in [0, 0.1) is 0 Å². The third-order valence-corrected chi connectivity index (χ3v) is 3.85. The highest BCUT2D eigenvalue weighted by atomic mass is 79.9. The largest absolute Gasteiger partial charge is 0.507 e. The van der Waals surface area contributed by atoms with Crippen LogP contribution in [0.4, 0.5) is 0 Å². The Morgan fingerprint density at radius 1 is 1.05 bits per heavy atom. The van der Waals surface area contributed by atoms with E-state index in [2.05, 4.69) is 26.1 Å². The van der Waals surface area contributed by atoms with Crippen molar-refractivity contribution >= 4 is 15.9 Å². The molecular formula is C16H13BrN2O2. The molecule has 3 aromatic rings. The lowest BCUT2D eigenvalue weighted by atomic mass is 9.95. The standard InChI is InChI=1S/C16H13BrN2O2/c17-13-2-4-15(16(21)6-13)14-3-1-10(5-11(14)9-20)12-7-18-19-8-12/h1-8,20-21H,9H2,(H,18,19). The number of hydrogen-bond acceptors (Lipinski definition) is 3. The third-order valence-electron chi connectivity index (χ3n) is 3.36. The first kappa shape index (κ1) is 13.9. The minimum atomic E-state index is -0.101. The van der Waals surface area contributed by atoms with E-state index in [1.165, 1.54) is 0 Å². The number of aliphatic hydroxyl groups excluding tert-OH is 1. The molecule has 0 aliphatic rings. The van der Waals surface area contributed by atoms with Crippen LogP contribution in [-0.2, 0) is 6.61 Å². The van der Waals surface area contributed by atoms with Crippen molar-refractivity contribution in [1.82, 2.24) is 10.2 Å². The van der Waals surface area contributed by atoms with Crippen molar-refractivity contribution in [3.8, 4) is 28.0 Å². The van der Waals surface area contributed by atoms with Gasteiger partial charge in [0.15, 0.2) is 0 Å². The van der Waals surface area contributed by atoms with Crippen LogP contribution in [0.25, 0.3) is 22.3 Å². The Hall–Kier alpha value is -2.11. The lowest BCUT2D eigenvalue weighted by Crippen LogP contribution is -1.91. The molecule has 0 saturated heterocycles. The highest BCUT2D eigenvalue weighted by molar-refractivity contribution is 9.10. The second-order valence-electron chi connectivity index (χ2n) is 4.68. The minimum Gasteiger partial charge on any atom is -0.507 e. The molecule has 0 spiro atoms. The molecule has 0 saturated carbocycles. The maximum Gasteiger partial charge on any atom is 0.124 e. The van der Waals surface area contributed by atoms with Crippen molar-refractivity contribution < 1.29 is 10.2 Å². The maximum atomic E-state index is 10.1. The molecule has 0 unspecified atom stereocenters. The first-order valence-electron chi connectivity index (χ1n) is 6.41. The SMILES string of the molecule is OCc1cc(-c2cn[nH]c2)ccc1-c1ccc(Br)cc1O. The molecule has 106 valence electrons. The van der Waals surface area contributed by atoms with Gasteiger partial charge in [-0.3, -0.25) is 5.10 Å². The summed E-state index contributed by atoms with van der Waals surface area (Å²) in [7, 11) is 0. The van der Waals surface area contributed by atoms with E-state index in [1.54, 1.807) is 18.5 Å². The fourth-order valence-electron chi connectivity index (χ4n) is 2.31. The smallest absolute Gasteiger partial charge is 0.124 e. The number of nitrogens with zero attached hydrogens (tertiary/aromatic N) is 1. The number of hydrogen-bond donors (Lipinski definition) is 3. The molecule has 0 amide bonds. The van der Waals surface area contributed by atoms with Crippen molar-refractivity contribution in [2.24, 2.45) is 0 Å². The van der Waals surface area contributed by atoms with Crippen LogP contribution in [0.2, 0.25) is 0 Å². The van der Waals surface area contributed by atoms with Crippen LogP contribution in [-0.4, -0.2) is 20.4 Å². The molecule has 3 rings (SSSR count). The van der Waals surface area contributed by atoms with E-state index < -0.39 is 0 Å². The average Bonchev–Trinajstić information content (AvgIpc) is 3.01. The molecule has 2 aromatic carbocycles. The summed E-state index contributed by atoms with van der Waals surface area (Å²) in [4.78, 5) is 0. The van der Waals surface area contributed by atoms with Gasteiger partial charge in [-0.2, -0.15) is 5.10 Å². The Kier molecular flexibility index (Phi) is 3.77. The molecule has 5 heteroatoms. The van der Waals surface area contributed by atoms with Crippen LogP contribution in [0.5, 0.6) is 5.75 Å². The molecule has 0 radical (unpaired) electrons. The summed E-state index contributed by atoms with van der Waals surface area (Å²) in [5, 5.41) is 26.4. The highest BCUT2D eigenvalue weighted by Gasteiger charge is 2.11. The number of aromatic hydroxyl groups is 1. The number of nitrogens with one attached hydrogen (secondary N) is 1. The average molecular weight is 345 g/mol. The fraction of sp³-hybridized carbons (Fsp3) is 0.0625. The number of aromatic amines is 1. The molecule has 4 nitrogen and oxygen atoms in total. The van der Waals surface area contributed by atoms with Crippen molar-refractivity contribution in [3.63, 3.8) is 0 Å². The molecular weight excluding hydrogens is 332 g/mol. The van der Waals surface area contributed by atoms with E-state index in [9.17, 15) is 10.2 Å². The number of halogens is 1. The number of H-pyrrole nitrogens is 1. The quantitative estimate of drug-likeness (QED) is 0.678. The van der Waals surface area contributed by atoms with E-state index in [-0.39, 0.29) is 12.4 Å². The lowest BCUT2D eigenvalue weighted by Gasteiger charge is -2.11. The van der Waals surface area contributed by atoms with Crippen LogP contribution < -0.4 is 0 Å². The van der Waals surface area contributed by atoms with Crippen molar-refractivity contribution in [2.75, 3.05) is 0 Å². The van der Waals surface area contributed by atoms with Crippen molar-refractivity contribution in [2.45, 2.75) is 6.61 Å². The number of phenols is 1. The van der Waals surface area contributed by atoms with Crippen LogP contribution in [0.15, 0.2) is 53.3 Å². The van der Waals surface area contributed by atoms with Gasteiger partial charge < -0.3 is 10.2 Å². The zero-order valence-corrected chi connectivity index (χ0v) is 12.6. The normalized spacial score (nSPS) is 10.8. The van der Waals surface area contributed by atoms with Gasteiger partial charge in [0.2, 0.25) is 0 Å². The van der Waals surface area contributed by atoms with Gasteiger partial charge in [-0.25, -0.2) is 0 Å². The molecule has 0 atom stereocenters. The summed E-state index contributed by atoms with van der Waals surface area (Å²) in [5.41, 5.74) is 4.19. The van der Waals surface area contributed by atoms with Gasteiger partial charge in [0.25, 0.3) is 0 Å². The van der Waals surface area contributed by atoms with Gasteiger partial charge in [0, 0.05) is 21.8 Å². The zero-order valence-electron chi connectivity index (χ0n) is 11.0. The summed E-state index contributed by atoms with van der Waals surface area (Å²) in [6.45, 7) is -0.101. The second-order valence-corrected chi connectivity index (χ2v) is 5.59. The first-order chi connectivity index (χ1) is 10.2. The van der Waals surface area contributed by atoms with Crippen molar-refractivity contribution in [3.05, 3.63) is 58.8 Å². The summed E-state index contributed by atoms with van der Waals surface area (Å²) < 4.78 is 0.810. The Morgan fingerprint density at radius 2 is 1.86 bits per heavy atom. The van der Waals surface area contributed by atoms with Gasteiger partial charge in [-0.05, 0) is 41.0 Å². The Labute approximate surface area is 130 Å². The van der Waals surface area contributed by atoms with E-state index in [4.69, 9.17) is 0 Å². The van der Waals surface area contributed by atoms with E-state index in [0.717, 1.165) is 26.7 Å². The van der Waals surface area contributed by atoms with Gasteiger partial charge >= 0.3 is 0 Å². The molecule has 0 fully saturated rings. The third kappa shape index (κ3) is 2.70. The van der Waals surface area contributed by atoms with Crippen molar-refractivity contribution in [1.29, 1.82) is 0 Å². The second kappa shape index (κ2) is 5.71. The van der Waals surface area contributed by atoms with Crippen LogP contribution >= 0.6 is 15.9 Å². The Morgan fingerprint density at radius 3 is 2.52 bits per heavy atom. The van der Waals surface area contributed by atoms with Gasteiger partial charge in [-0.15, -0.1) is 0 Å². The Balaban J connectivity index is 2.11. The maximum absolute atomic E-state index is 10.1. The molecule has 0 aliphatic heterocycles. The zero-order chi connectivity index (χ0) is 14.8.